The van der Waals surface area contributed by atoms with Gasteiger partial charge in [0.2, 0.25) is 5.91 Å². The minimum Gasteiger partial charge on any atom is -0.352 e. The van der Waals surface area contributed by atoms with E-state index in [0.717, 1.165) is 23.3 Å². The van der Waals surface area contributed by atoms with E-state index >= 15 is 0 Å². The largest absolute Gasteiger partial charge is 0.416 e. The minimum absolute atomic E-state index is 0.109. The molecule has 7 heteroatoms. The van der Waals surface area contributed by atoms with Crippen molar-refractivity contribution in [2.45, 2.75) is 19.6 Å². The number of amides is 1. The van der Waals surface area contributed by atoms with Crippen molar-refractivity contribution in [3.63, 3.8) is 0 Å². The molecule has 1 aromatic heterocycles. The van der Waals surface area contributed by atoms with E-state index < -0.39 is 11.7 Å². The number of nitrogens with one attached hydrogen (secondary N) is 1. The van der Waals surface area contributed by atoms with E-state index in [9.17, 15) is 18.0 Å². The Labute approximate surface area is 155 Å². The molecule has 3 rings (SSSR count). The first kappa shape index (κ1) is 20.1. The number of carbonyl (C=O) groups excluding carboxylic acids is 1. The maximum Gasteiger partial charge on any atom is 0.416 e. The molecule has 0 saturated heterocycles. The van der Waals surface area contributed by atoms with Gasteiger partial charge in [-0.1, -0.05) is 36.4 Å². The highest BCUT2D eigenvalue weighted by Crippen LogP contribution is 2.30. The van der Waals surface area contributed by atoms with E-state index in [1.54, 1.807) is 18.5 Å². The molecule has 1 heterocycles. The zero-order chi connectivity index (χ0) is 19.7. The Balaban J connectivity index is 0.000000369. The van der Waals surface area contributed by atoms with Crippen LogP contribution in [0.2, 0.25) is 0 Å². The molecule has 0 bridgehead atoms. The van der Waals surface area contributed by atoms with E-state index in [-0.39, 0.29) is 5.91 Å². The lowest BCUT2D eigenvalue weighted by Gasteiger charge is -2.08. The maximum absolute atomic E-state index is 12.5. The van der Waals surface area contributed by atoms with Gasteiger partial charge in [-0.25, -0.2) is 9.97 Å². The summed E-state index contributed by atoms with van der Waals surface area (Å²) in [4.78, 5) is 18.2. The second-order valence-corrected chi connectivity index (χ2v) is 5.59. The fourth-order valence-electron chi connectivity index (χ4n) is 2.15. The van der Waals surface area contributed by atoms with Crippen LogP contribution in [-0.4, -0.2) is 15.9 Å². The molecule has 0 aliphatic rings. The zero-order valence-corrected chi connectivity index (χ0v) is 14.6. The van der Waals surface area contributed by atoms with Crippen LogP contribution in [0.1, 0.15) is 18.1 Å². The second kappa shape index (κ2) is 9.47. The van der Waals surface area contributed by atoms with E-state index in [1.165, 1.54) is 25.4 Å². The molecule has 0 radical (unpaired) electrons. The first-order chi connectivity index (χ1) is 12.9. The molecule has 0 atom stereocenters. The van der Waals surface area contributed by atoms with Crippen LogP contribution in [0.25, 0.3) is 11.1 Å². The molecule has 0 aliphatic carbocycles. The molecule has 140 valence electrons. The van der Waals surface area contributed by atoms with Crippen molar-refractivity contribution in [3.05, 3.63) is 84.4 Å². The van der Waals surface area contributed by atoms with E-state index in [2.05, 4.69) is 15.3 Å². The van der Waals surface area contributed by atoms with Gasteiger partial charge >= 0.3 is 6.18 Å². The second-order valence-electron chi connectivity index (χ2n) is 5.59. The maximum atomic E-state index is 12.5. The van der Waals surface area contributed by atoms with Crippen LogP contribution in [0.5, 0.6) is 0 Å². The number of carbonyl (C=O) groups is 1. The van der Waals surface area contributed by atoms with Crippen LogP contribution >= 0.6 is 0 Å². The highest BCUT2D eigenvalue weighted by molar-refractivity contribution is 5.72. The van der Waals surface area contributed by atoms with Crippen LogP contribution < -0.4 is 5.32 Å². The summed E-state index contributed by atoms with van der Waals surface area (Å²) in [6, 6.07) is 14.1. The molecule has 1 N–H and O–H groups in total. The Bertz CT molecular complexity index is 806. The summed E-state index contributed by atoms with van der Waals surface area (Å²) in [5.41, 5.74) is 1.82. The SMILES string of the molecule is CC(=O)NCc1ccc(-c2ccc(C(F)(F)F)cc2)cc1.c1cncnc1. The summed E-state index contributed by atoms with van der Waals surface area (Å²) in [5.74, 6) is -0.109. The smallest absolute Gasteiger partial charge is 0.352 e. The van der Waals surface area contributed by atoms with Gasteiger partial charge in [-0.2, -0.15) is 13.2 Å². The minimum atomic E-state index is -4.32. The number of aromatic nitrogens is 2. The summed E-state index contributed by atoms with van der Waals surface area (Å²) < 4.78 is 37.5. The molecule has 2 aromatic carbocycles. The Hall–Kier alpha value is -3.22. The average Bonchev–Trinajstić information content (AvgIpc) is 2.68. The number of halogens is 3. The lowest BCUT2D eigenvalue weighted by atomic mass is 10.0. The molecule has 27 heavy (non-hydrogen) atoms. The van der Waals surface area contributed by atoms with E-state index in [1.807, 2.05) is 24.3 Å². The molecule has 3 aromatic rings. The van der Waals surface area contributed by atoms with Gasteiger partial charge in [0.1, 0.15) is 6.33 Å². The highest BCUT2D eigenvalue weighted by Gasteiger charge is 2.29. The Morgan fingerprint density at radius 1 is 0.926 bits per heavy atom. The number of hydrogen-bond donors (Lipinski definition) is 1. The van der Waals surface area contributed by atoms with Crippen LogP contribution in [0.15, 0.2) is 73.3 Å². The third-order valence-corrected chi connectivity index (χ3v) is 3.52. The Kier molecular flexibility index (Phi) is 7.05. The molecule has 0 unspecified atom stereocenters. The topological polar surface area (TPSA) is 54.9 Å². The summed E-state index contributed by atoms with van der Waals surface area (Å²) in [7, 11) is 0. The van der Waals surface area contributed by atoms with Crippen LogP contribution in [0, 0.1) is 0 Å². The summed E-state index contributed by atoms with van der Waals surface area (Å²) in [6.07, 6.45) is 0.556. The van der Waals surface area contributed by atoms with Crippen LogP contribution in [-0.2, 0) is 17.5 Å². The van der Waals surface area contributed by atoms with Gasteiger partial charge in [0, 0.05) is 25.9 Å². The van der Waals surface area contributed by atoms with Gasteiger partial charge in [-0.15, -0.1) is 0 Å². The van der Waals surface area contributed by atoms with E-state index in [0.29, 0.717) is 12.1 Å². The number of benzene rings is 2. The van der Waals surface area contributed by atoms with Crippen molar-refractivity contribution < 1.29 is 18.0 Å². The third-order valence-electron chi connectivity index (χ3n) is 3.52. The van der Waals surface area contributed by atoms with Crippen LogP contribution in [0.3, 0.4) is 0 Å². The fourth-order valence-corrected chi connectivity index (χ4v) is 2.15. The van der Waals surface area contributed by atoms with Crippen molar-refractivity contribution in [2.75, 3.05) is 0 Å². The van der Waals surface area contributed by atoms with Gasteiger partial charge in [0.25, 0.3) is 0 Å². The first-order valence-electron chi connectivity index (χ1n) is 8.07. The standard InChI is InChI=1S/C16H14F3NO.C4H4N2/c1-11(21)20-10-12-2-4-13(5-3-12)14-6-8-15(9-7-14)16(17,18)19;1-2-5-4-6-3-1/h2-9H,10H2,1H3,(H,20,21);1-4H. The molecular weight excluding hydrogens is 355 g/mol. The van der Waals surface area contributed by atoms with Crippen molar-refractivity contribution in [1.82, 2.24) is 15.3 Å². The number of nitrogens with zero attached hydrogens (tertiary/aromatic N) is 2. The number of alkyl halides is 3. The summed E-state index contributed by atoms with van der Waals surface area (Å²) in [6.45, 7) is 1.87. The lowest BCUT2D eigenvalue weighted by Crippen LogP contribution is -2.18. The fraction of sp³-hybridized carbons (Fsp3) is 0.150. The molecule has 0 spiro atoms. The van der Waals surface area contributed by atoms with E-state index in [4.69, 9.17) is 0 Å². The molecule has 4 nitrogen and oxygen atoms in total. The first-order valence-corrected chi connectivity index (χ1v) is 8.07. The summed E-state index contributed by atoms with van der Waals surface area (Å²) >= 11 is 0. The third kappa shape index (κ3) is 6.89. The highest BCUT2D eigenvalue weighted by atomic mass is 19.4. The predicted octanol–water partition coefficient (Wildman–Crippen LogP) is 4.49. The average molecular weight is 373 g/mol. The van der Waals surface area contributed by atoms with Gasteiger partial charge < -0.3 is 5.32 Å². The van der Waals surface area contributed by atoms with Gasteiger partial charge in [0.05, 0.1) is 5.56 Å². The molecule has 0 aliphatic heterocycles. The van der Waals surface area contributed by atoms with Gasteiger partial charge in [-0.05, 0) is 34.9 Å². The van der Waals surface area contributed by atoms with Crippen molar-refractivity contribution in [1.29, 1.82) is 0 Å². The monoisotopic (exact) mass is 373 g/mol. The van der Waals surface area contributed by atoms with Crippen LogP contribution in [0.4, 0.5) is 13.2 Å². The lowest BCUT2D eigenvalue weighted by molar-refractivity contribution is -0.137. The van der Waals surface area contributed by atoms with Crippen molar-refractivity contribution in [2.24, 2.45) is 0 Å². The molecule has 0 fully saturated rings. The molecule has 1 amide bonds. The quantitative estimate of drug-likeness (QED) is 0.736. The normalized spacial score (nSPS) is 10.5. The number of rotatable bonds is 3. The number of hydrogen-bond acceptors (Lipinski definition) is 3. The van der Waals surface area contributed by atoms with Crippen molar-refractivity contribution in [3.8, 4) is 11.1 Å². The molecule has 0 saturated carbocycles. The van der Waals surface area contributed by atoms with Crippen molar-refractivity contribution >= 4 is 5.91 Å². The van der Waals surface area contributed by atoms with Gasteiger partial charge in [0.15, 0.2) is 0 Å². The molecular formula is C20H18F3N3O. The predicted molar refractivity (Wildman–Crippen MR) is 96.4 cm³/mol. The Morgan fingerprint density at radius 3 is 1.81 bits per heavy atom. The van der Waals surface area contributed by atoms with Gasteiger partial charge in [-0.3, -0.25) is 4.79 Å². The Morgan fingerprint density at radius 2 is 1.44 bits per heavy atom. The zero-order valence-electron chi connectivity index (χ0n) is 14.6. The summed E-state index contributed by atoms with van der Waals surface area (Å²) in [5, 5.41) is 2.68.